The Bertz CT molecular complexity index is 567. The maximum absolute atomic E-state index is 9.86. The molecular formula is C15H12O. The summed E-state index contributed by atoms with van der Waals surface area (Å²) in [6.07, 6.45) is 3.14. The fraction of sp³-hybridized carbons (Fsp3) is 0.0667. The van der Waals surface area contributed by atoms with Crippen molar-refractivity contribution >= 4 is 5.57 Å². The number of fused-ring (bicyclic) bond motifs is 1. The van der Waals surface area contributed by atoms with Crippen molar-refractivity contribution in [2.75, 3.05) is 0 Å². The van der Waals surface area contributed by atoms with Crippen molar-refractivity contribution < 1.29 is 5.11 Å². The van der Waals surface area contributed by atoms with Gasteiger partial charge in [0.1, 0.15) is 5.75 Å². The van der Waals surface area contributed by atoms with E-state index in [1.165, 1.54) is 11.1 Å². The number of rotatable bonds is 1. The van der Waals surface area contributed by atoms with E-state index in [1.807, 2.05) is 24.3 Å². The van der Waals surface area contributed by atoms with Gasteiger partial charge in [-0.25, -0.2) is 0 Å². The van der Waals surface area contributed by atoms with Gasteiger partial charge in [-0.15, -0.1) is 0 Å². The molecule has 0 aromatic heterocycles. The lowest BCUT2D eigenvalue weighted by atomic mass is 9.99. The summed E-state index contributed by atoms with van der Waals surface area (Å²) >= 11 is 0. The van der Waals surface area contributed by atoms with Gasteiger partial charge in [0.05, 0.1) is 0 Å². The molecule has 2 aromatic carbocycles. The Morgan fingerprint density at radius 1 is 0.812 bits per heavy atom. The second-order valence-corrected chi connectivity index (χ2v) is 4.00. The predicted octanol–water partition coefficient (Wildman–Crippen LogP) is 3.38. The largest absolute Gasteiger partial charge is 0.507 e. The molecule has 1 N–H and O–H groups in total. The van der Waals surface area contributed by atoms with Gasteiger partial charge in [-0.1, -0.05) is 48.5 Å². The molecular weight excluding hydrogens is 196 g/mol. The second-order valence-electron chi connectivity index (χ2n) is 4.00. The van der Waals surface area contributed by atoms with Crippen LogP contribution in [0.4, 0.5) is 0 Å². The molecule has 0 aliphatic heterocycles. The maximum Gasteiger partial charge on any atom is 0.123 e. The summed E-state index contributed by atoms with van der Waals surface area (Å²) in [5, 5.41) is 9.86. The van der Waals surface area contributed by atoms with Crippen molar-refractivity contribution in [3.63, 3.8) is 0 Å². The summed E-state index contributed by atoms with van der Waals surface area (Å²) in [6, 6.07) is 15.8. The van der Waals surface area contributed by atoms with Crippen LogP contribution in [0.3, 0.4) is 0 Å². The van der Waals surface area contributed by atoms with Crippen LogP contribution in [0.25, 0.3) is 5.57 Å². The summed E-state index contributed by atoms with van der Waals surface area (Å²) in [5.41, 5.74) is 4.64. The highest BCUT2D eigenvalue weighted by Gasteiger charge is 2.16. The zero-order chi connectivity index (χ0) is 11.0. The smallest absolute Gasteiger partial charge is 0.123 e. The van der Waals surface area contributed by atoms with Crippen LogP contribution >= 0.6 is 0 Å². The van der Waals surface area contributed by atoms with Crippen LogP contribution in [0.15, 0.2) is 54.6 Å². The number of benzene rings is 2. The Balaban J connectivity index is 2.15. The average molecular weight is 208 g/mol. The molecule has 0 heterocycles. The van der Waals surface area contributed by atoms with Crippen molar-refractivity contribution in [2.24, 2.45) is 0 Å². The quantitative estimate of drug-likeness (QED) is 0.761. The molecule has 0 spiro atoms. The first-order valence-corrected chi connectivity index (χ1v) is 5.43. The number of hydrogen-bond donors (Lipinski definition) is 1. The molecule has 2 aromatic rings. The number of hydrogen-bond acceptors (Lipinski definition) is 1. The van der Waals surface area contributed by atoms with Crippen LogP contribution in [-0.4, -0.2) is 5.11 Å². The van der Waals surface area contributed by atoms with Crippen LogP contribution in [0.1, 0.15) is 16.7 Å². The van der Waals surface area contributed by atoms with Gasteiger partial charge in [0.25, 0.3) is 0 Å². The van der Waals surface area contributed by atoms with E-state index in [4.69, 9.17) is 0 Å². The number of phenolic OH excluding ortho intramolecular Hbond substituents is 1. The van der Waals surface area contributed by atoms with Crippen LogP contribution in [0.2, 0.25) is 0 Å². The minimum Gasteiger partial charge on any atom is -0.507 e. The van der Waals surface area contributed by atoms with Gasteiger partial charge in [0, 0.05) is 5.56 Å². The van der Waals surface area contributed by atoms with E-state index in [-0.39, 0.29) is 0 Å². The lowest BCUT2D eigenvalue weighted by Gasteiger charge is -2.07. The number of allylic oxidation sites excluding steroid dienone is 1. The first kappa shape index (κ1) is 9.22. The van der Waals surface area contributed by atoms with Gasteiger partial charge in [-0.3, -0.25) is 0 Å². The lowest BCUT2D eigenvalue weighted by molar-refractivity contribution is 0.473. The molecule has 0 unspecified atom stereocenters. The van der Waals surface area contributed by atoms with Gasteiger partial charge in [-0.2, -0.15) is 0 Å². The highest BCUT2D eigenvalue weighted by atomic mass is 16.3. The third kappa shape index (κ3) is 1.33. The fourth-order valence-electron chi connectivity index (χ4n) is 2.24. The van der Waals surface area contributed by atoms with Crippen LogP contribution in [0, 0.1) is 0 Å². The van der Waals surface area contributed by atoms with E-state index >= 15 is 0 Å². The molecule has 16 heavy (non-hydrogen) atoms. The molecule has 0 atom stereocenters. The first-order valence-electron chi connectivity index (χ1n) is 5.43. The van der Waals surface area contributed by atoms with Crippen molar-refractivity contribution in [1.82, 2.24) is 0 Å². The van der Waals surface area contributed by atoms with Gasteiger partial charge >= 0.3 is 0 Å². The summed E-state index contributed by atoms with van der Waals surface area (Å²) < 4.78 is 0. The second kappa shape index (κ2) is 3.53. The van der Waals surface area contributed by atoms with E-state index < -0.39 is 0 Å². The lowest BCUT2D eigenvalue weighted by Crippen LogP contribution is -1.86. The minimum atomic E-state index is 0.352. The number of aromatic hydroxyl groups is 1. The Hall–Kier alpha value is -2.02. The Morgan fingerprint density at radius 3 is 2.31 bits per heavy atom. The predicted molar refractivity (Wildman–Crippen MR) is 65.3 cm³/mol. The van der Waals surface area contributed by atoms with Gasteiger partial charge < -0.3 is 5.11 Å². The molecule has 78 valence electrons. The van der Waals surface area contributed by atoms with Crippen LogP contribution in [0.5, 0.6) is 5.75 Å². The molecule has 0 saturated heterocycles. The van der Waals surface area contributed by atoms with E-state index in [0.717, 1.165) is 17.6 Å². The maximum atomic E-state index is 9.86. The average Bonchev–Trinajstić information content (AvgIpc) is 2.74. The third-order valence-corrected chi connectivity index (χ3v) is 3.03. The Kier molecular flexibility index (Phi) is 2.03. The van der Waals surface area contributed by atoms with Gasteiger partial charge in [0.15, 0.2) is 0 Å². The van der Waals surface area contributed by atoms with Gasteiger partial charge in [-0.05, 0) is 29.2 Å². The molecule has 0 saturated carbocycles. The molecule has 1 heteroatoms. The highest BCUT2D eigenvalue weighted by molar-refractivity contribution is 5.86. The number of phenols is 1. The van der Waals surface area contributed by atoms with Crippen LogP contribution < -0.4 is 0 Å². The minimum absolute atomic E-state index is 0.352. The molecule has 1 nitrogen and oxygen atoms in total. The normalized spacial score (nSPS) is 13.4. The highest BCUT2D eigenvalue weighted by Crippen LogP contribution is 2.36. The zero-order valence-corrected chi connectivity index (χ0v) is 8.85. The molecule has 0 fully saturated rings. The molecule has 0 radical (unpaired) electrons. The van der Waals surface area contributed by atoms with Crippen molar-refractivity contribution in [1.29, 1.82) is 0 Å². The molecule has 3 rings (SSSR count). The first-order chi connectivity index (χ1) is 7.86. The molecule has 0 amide bonds. The number of para-hydroxylation sites is 1. The molecule has 0 bridgehead atoms. The SMILES string of the molecule is Oc1ccccc1C1=CCc2ccccc21. The summed E-state index contributed by atoms with van der Waals surface area (Å²) in [4.78, 5) is 0. The summed E-state index contributed by atoms with van der Waals surface area (Å²) in [7, 11) is 0. The molecule has 1 aliphatic rings. The van der Waals surface area contributed by atoms with Gasteiger partial charge in [0.2, 0.25) is 0 Å². The van der Waals surface area contributed by atoms with E-state index in [0.29, 0.717) is 5.75 Å². The van der Waals surface area contributed by atoms with E-state index in [2.05, 4.69) is 24.3 Å². The van der Waals surface area contributed by atoms with E-state index in [1.54, 1.807) is 6.07 Å². The Labute approximate surface area is 94.7 Å². The van der Waals surface area contributed by atoms with Crippen LogP contribution in [-0.2, 0) is 6.42 Å². The van der Waals surface area contributed by atoms with Crippen molar-refractivity contribution in [3.05, 3.63) is 71.3 Å². The topological polar surface area (TPSA) is 20.2 Å². The molecule has 1 aliphatic carbocycles. The van der Waals surface area contributed by atoms with Crippen molar-refractivity contribution in [3.8, 4) is 5.75 Å². The van der Waals surface area contributed by atoms with E-state index in [9.17, 15) is 5.11 Å². The zero-order valence-electron chi connectivity index (χ0n) is 8.85. The fourth-order valence-corrected chi connectivity index (χ4v) is 2.24. The Morgan fingerprint density at radius 2 is 1.50 bits per heavy atom. The summed E-state index contributed by atoms with van der Waals surface area (Å²) in [6.45, 7) is 0. The summed E-state index contributed by atoms with van der Waals surface area (Å²) in [5.74, 6) is 0.352. The van der Waals surface area contributed by atoms with Crippen molar-refractivity contribution in [2.45, 2.75) is 6.42 Å². The third-order valence-electron chi connectivity index (χ3n) is 3.03. The monoisotopic (exact) mass is 208 g/mol. The standard InChI is InChI=1S/C15H12O/c16-15-8-4-3-7-14(15)13-10-9-11-5-1-2-6-12(11)13/h1-8,10,16H,9H2.